The van der Waals surface area contributed by atoms with Gasteiger partial charge in [0.2, 0.25) is 10.0 Å². The maximum absolute atomic E-state index is 11.9. The van der Waals surface area contributed by atoms with Crippen LogP contribution in [0.1, 0.15) is 32.3 Å². The molecule has 7 heteroatoms. The Hall–Kier alpha value is -1.47. The number of hydrogen-bond acceptors (Lipinski definition) is 4. The largest absolute Gasteiger partial charge is 0.269 e. The van der Waals surface area contributed by atoms with Gasteiger partial charge in [0.25, 0.3) is 5.69 Å². The highest BCUT2D eigenvalue weighted by atomic mass is 32.2. The third-order valence-corrected chi connectivity index (χ3v) is 4.06. The van der Waals surface area contributed by atoms with Crippen molar-refractivity contribution in [2.75, 3.05) is 0 Å². The van der Waals surface area contributed by atoms with Crippen molar-refractivity contribution in [3.05, 3.63) is 39.9 Å². The third kappa shape index (κ3) is 5.35. The zero-order valence-electron chi connectivity index (χ0n) is 11.0. The fourth-order valence-electron chi connectivity index (χ4n) is 1.82. The van der Waals surface area contributed by atoms with Crippen LogP contribution in [0.3, 0.4) is 0 Å². The minimum absolute atomic E-state index is 0.102. The molecule has 0 aliphatic heterocycles. The molecule has 106 valence electrons. The van der Waals surface area contributed by atoms with Gasteiger partial charge in [-0.25, -0.2) is 13.1 Å². The number of sulfonamides is 1. The SMILES string of the molecule is CCC[C@H](C)NS(=O)(=O)Cc1cccc([N+](=O)[O-])c1. The van der Waals surface area contributed by atoms with Crippen LogP contribution in [0, 0.1) is 10.1 Å². The van der Waals surface area contributed by atoms with Gasteiger partial charge in [-0.2, -0.15) is 0 Å². The first-order valence-corrected chi connectivity index (χ1v) is 7.72. The van der Waals surface area contributed by atoms with Crippen molar-refractivity contribution in [2.45, 2.75) is 38.5 Å². The molecule has 19 heavy (non-hydrogen) atoms. The second-order valence-electron chi connectivity index (χ2n) is 4.49. The van der Waals surface area contributed by atoms with Crippen LogP contribution in [0.2, 0.25) is 0 Å². The Morgan fingerprint density at radius 2 is 2.11 bits per heavy atom. The summed E-state index contributed by atoms with van der Waals surface area (Å²) in [5.41, 5.74) is 0.305. The van der Waals surface area contributed by atoms with Crippen LogP contribution in [0.25, 0.3) is 0 Å². The lowest BCUT2D eigenvalue weighted by Crippen LogP contribution is -2.33. The van der Waals surface area contributed by atoms with Crippen molar-refractivity contribution >= 4 is 15.7 Å². The summed E-state index contributed by atoms with van der Waals surface area (Å²) >= 11 is 0. The Morgan fingerprint density at radius 1 is 1.42 bits per heavy atom. The van der Waals surface area contributed by atoms with Crippen molar-refractivity contribution in [3.8, 4) is 0 Å². The van der Waals surface area contributed by atoms with Crippen LogP contribution in [0.4, 0.5) is 5.69 Å². The van der Waals surface area contributed by atoms with E-state index in [1.54, 1.807) is 13.0 Å². The molecule has 0 unspecified atom stereocenters. The highest BCUT2D eigenvalue weighted by molar-refractivity contribution is 7.88. The van der Waals surface area contributed by atoms with Gasteiger partial charge in [0.1, 0.15) is 0 Å². The Bertz CT molecular complexity index is 542. The molecule has 6 nitrogen and oxygen atoms in total. The molecule has 0 saturated heterocycles. The number of rotatable bonds is 7. The number of nitro benzene ring substituents is 1. The molecule has 0 spiro atoms. The first-order valence-electron chi connectivity index (χ1n) is 6.07. The average Bonchev–Trinajstić information content (AvgIpc) is 2.27. The summed E-state index contributed by atoms with van der Waals surface area (Å²) in [4.78, 5) is 10.1. The molecule has 1 rings (SSSR count). The van der Waals surface area contributed by atoms with Gasteiger partial charge < -0.3 is 0 Å². The number of hydrogen-bond donors (Lipinski definition) is 1. The summed E-state index contributed by atoms with van der Waals surface area (Å²) in [5, 5.41) is 10.6. The van der Waals surface area contributed by atoms with E-state index in [4.69, 9.17) is 0 Å². The summed E-state index contributed by atoms with van der Waals surface area (Å²) in [6, 6.07) is 5.54. The van der Waals surface area contributed by atoms with Crippen molar-refractivity contribution in [1.82, 2.24) is 4.72 Å². The first kappa shape index (κ1) is 15.6. The van der Waals surface area contributed by atoms with Gasteiger partial charge in [0, 0.05) is 18.2 Å². The number of non-ortho nitro benzene ring substituents is 1. The highest BCUT2D eigenvalue weighted by Gasteiger charge is 2.16. The lowest BCUT2D eigenvalue weighted by molar-refractivity contribution is -0.384. The molecule has 1 atom stereocenters. The van der Waals surface area contributed by atoms with Gasteiger partial charge in [0.05, 0.1) is 10.7 Å². The molecular weight excluding hydrogens is 268 g/mol. The predicted molar refractivity (Wildman–Crippen MR) is 73.2 cm³/mol. The highest BCUT2D eigenvalue weighted by Crippen LogP contribution is 2.15. The van der Waals surface area contributed by atoms with Gasteiger partial charge in [-0.15, -0.1) is 0 Å². The summed E-state index contributed by atoms with van der Waals surface area (Å²) < 4.78 is 26.3. The zero-order chi connectivity index (χ0) is 14.5. The van der Waals surface area contributed by atoms with Crippen LogP contribution >= 0.6 is 0 Å². The van der Waals surface area contributed by atoms with Crippen LogP contribution in [0.15, 0.2) is 24.3 Å². The Balaban J connectivity index is 2.78. The zero-order valence-corrected chi connectivity index (χ0v) is 11.8. The summed E-state index contributed by atoms with van der Waals surface area (Å²) in [6.45, 7) is 3.78. The Morgan fingerprint density at radius 3 is 2.68 bits per heavy atom. The van der Waals surface area contributed by atoms with Crippen molar-refractivity contribution < 1.29 is 13.3 Å². The van der Waals surface area contributed by atoms with Crippen LogP contribution < -0.4 is 4.72 Å². The van der Waals surface area contributed by atoms with Gasteiger partial charge in [-0.3, -0.25) is 10.1 Å². The van der Waals surface area contributed by atoms with Gasteiger partial charge in [-0.05, 0) is 18.9 Å². The molecule has 0 aromatic heterocycles. The van der Waals surface area contributed by atoms with Crippen LogP contribution in [-0.4, -0.2) is 19.4 Å². The molecule has 0 bridgehead atoms. The molecule has 0 amide bonds. The minimum Gasteiger partial charge on any atom is -0.258 e. The second-order valence-corrected chi connectivity index (χ2v) is 6.25. The molecule has 1 aromatic rings. The molecule has 0 heterocycles. The predicted octanol–water partition coefficient (Wildman–Crippen LogP) is 2.20. The fraction of sp³-hybridized carbons (Fsp3) is 0.500. The van der Waals surface area contributed by atoms with Crippen molar-refractivity contribution in [3.63, 3.8) is 0 Å². The van der Waals surface area contributed by atoms with Crippen molar-refractivity contribution in [1.29, 1.82) is 0 Å². The van der Waals surface area contributed by atoms with E-state index in [9.17, 15) is 18.5 Å². The summed E-state index contributed by atoms with van der Waals surface area (Å²) in [6.07, 6.45) is 1.65. The molecule has 0 saturated carbocycles. The van der Waals surface area contributed by atoms with Crippen LogP contribution in [0.5, 0.6) is 0 Å². The molecule has 0 aliphatic rings. The third-order valence-electron chi connectivity index (χ3n) is 2.58. The quantitative estimate of drug-likeness (QED) is 0.614. The van der Waals surface area contributed by atoms with E-state index in [1.165, 1.54) is 18.2 Å². The van der Waals surface area contributed by atoms with E-state index in [0.717, 1.165) is 12.8 Å². The normalized spacial score (nSPS) is 13.2. The van der Waals surface area contributed by atoms with E-state index in [-0.39, 0.29) is 17.5 Å². The monoisotopic (exact) mass is 286 g/mol. The molecule has 0 fully saturated rings. The van der Waals surface area contributed by atoms with Gasteiger partial charge in [-0.1, -0.05) is 25.5 Å². The minimum atomic E-state index is -3.47. The average molecular weight is 286 g/mol. The number of nitro groups is 1. The smallest absolute Gasteiger partial charge is 0.258 e. The summed E-state index contributed by atoms with van der Waals surface area (Å²) in [7, 11) is -3.47. The lowest BCUT2D eigenvalue weighted by Gasteiger charge is -2.13. The molecular formula is C12H18N2O4S. The molecule has 0 aliphatic carbocycles. The van der Waals surface area contributed by atoms with Crippen molar-refractivity contribution in [2.24, 2.45) is 0 Å². The molecule has 1 aromatic carbocycles. The maximum Gasteiger partial charge on any atom is 0.269 e. The maximum atomic E-state index is 11.9. The fourth-order valence-corrected chi connectivity index (χ4v) is 3.25. The lowest BCUT2D eigenvalue weighted by atomic mass is 10.2. The summed E-state index contributed by atoms with van der Waals surface area (Å²) in [5.74, 6) is -0.247. The van der Waals surface area contributed by atoms with E-state index >= 15 is 0 Å². The van der Waals surface area contributed by atoms with Gasteiger partial charge in [0.15, 0.2) is 0 Å². The number of benzene rings is 1. The standard InChI is InChI=1S/C12H18N2O4S/c1-3-5-10(2)13-19(17,18)9-11-6-4-7-12(8-11)14(15)16/h4,6-8,10,13H,3,5,9H2,1-2H3/t10-/m0/s1. The van der Waals surface area contributed by atoms with E-state index in [1.807, 2.05) is 6.92 Å². The first-order chi connectivity index (χ1) is 8.84. The number of nitrogens with one attached hydrogen (secondary N) is 1. The molecule has 1 N–H and O–H groups in total. The van der Waals surface area contributed by atoms with Gasteiger partial charge >= 0.3 is 0 Å². The van der Waals surface area contributed by atoms with Crippen LogP contribution in [-0.2, 0) is 15.8 Å². The Labute approximate surface area is 113 Å². The molecule has 0 radical (unpaired) electrons. The van der Waals surface area contributed by atoms with E-state index in [2.05, 4.69) is 4.72 Å². The Kier molecular flexibility index (Phi) is 5.44. The van der Waals surface area contributed by atoms with E-state index < -0.39 is 14.9 Å². The number of nitrogens with zero attached hydrogens (tertiary/aromatic N) is 1. The van der Waals surface area contributed by atoms with E-state index in [0.29, 0.717) is 5.56 Å². The topological polar surface area (TPSA) is 89.3 Å². The second kappa shape index (κ2) is 6.63.